The van der Waals surface area contributed by atoms with Crippen molar-refractivity contribution in [2.75, 3.05) is 0 Å². The molecule has 0 aliphatic carbocycles. The molecule has 2 N–H and O–H groups in total. The lowest BCUT2D eigenvalue weighted by Gasteiger charge is -2.42. The zero-order valence-electron chi connectivity index (χ0n) is 22.2. The summed E-state index contributed by atoms with van der Waals surface area (Å²) in [6.45, 7) is 13.9. The van der Waals surface area contributed by atoms with E-state index in [4.69, 9.17) is 4.43 Å². The van der Waals surface area contributed by atoms with E-state index in [1.807, 2.05) is 30.3 Å². The lowest BCUT2D eigenvalue weighted by molar-refractivity contribution is 0.475. The first-order valence-electron chi connectivity index (χ1n) is 12.9. The van der Waals surface area contributed by atoms with Crippen molar-refractivity contribution in [2.45, 2.75) is 64.6 Å². The molecule has 4 heteroatoms. The van der Waals surface area contributed by atoms with Crippen molar-refractivity contribution in [3.05, 3.63) is 90.0 Å². The lowest BCUT2D eigenvalue weighted by Crippen LogP contribution is -2.50. The summed E-state index contributed by atoms with van der Waals surface area (Å²) in [4.78, 5) is 0. The van der Waals surface area contributed by atoms with Gasteiger partial charge in [0.25, 0.3) is 8.32 Å². The molecular formula is C32H38O3Si. The summed E-state index contributed by atoms with van der Waals surface area (Å²) in [7, 11) is -2.00. The van der Waals surface area contributed by atoms with Gasteiger partial charge in [-0.1, -0.05) is 84.0 Å². The Morgan fingerprint density at radius 2 is 1.25 bits per heavy atom. The zero-order valence-corrected chi connectivity index (χ0v) is 23.2. The van der Waals surface area contributed by atoms with Crippen LogP contribution in [0.2, 0.25) is 16.6 Å². The summed E-state index contributed by atoms with van der Waals surface area (Å²) in [5.74, 6) is 1.48. The molecule has 0 aliphatic rings. The highest BCUT2D eigenvalue weighted by molar-refractivity contribution is 6.78. The highest BCUT2D eigenvalue weighted by atomic mass is 28.4. The third-order valence-corrected chi connectivity index (χ3v) is 13.6. The molecule has 0 aliphatic heterocycles. The lowest BCUT2D eigenvalue weighted by atomic mass is 9.90. The Labute approximate surface area is 216 Å². The van der Waals surface area contributed by atoms with Gasteiger partial charge in [-0.2, -0.15) is 0 Å². The molecule has 0 bridgehead atoms. The second-order valence-corrected chi connectivity index (χ2v) is 16.2. The Kier molecular flexibility index (Phi) is 7.46. The Hall–Kier alpha value is -3.24. The molecule has 0 heterocycles. The van der Waals surface area contributed by atoms with Crippen molar-refractivity contribution >= 4 is 19.1 Å². The second-order valence-electron chi connectivity index (χ2n) is 10.8. The normalized spacial score (nSPS) is 12.1. The third kappa shape index (κ3) is 5.01. The van der Waals surface area contributed by atoms with E-state index < -0.39 is 8.32 Å². The SMILES string of the molecule is CC(C)[Si](Oc1ccc(Cc2c(-c3ccc(O)cc3)ccc3cc(O)ccc23)cc1)(C(C)C)C(C)C. The Morgan fingerprint density at radius 3 is 1.83 bits per heavy atom. The van der Waals surface area contributed by atoms with E-state index in [0.29, 0.717) is 16.6 Å². The molecule has 0 fully saturated rings. The molecule has 0 spiro atoms. The summed E-state index contributed by atoms with van der Waals surface area (Å²) in [6.07, 6.45) is 0.750. The van der Waals surface area contributed by atoms with E-state index in [1.54, 1.807) is 18.2 Å². The molecule has 0 aromatic heterocycles. The standard InChI is InChI=1S/C32H38O3Si/c1-21(2)36(22(3)4,23(5)6)35-29-15-7-24(8-16-29)19-32-30(25-9-12-27(33)13-10-25)17-11-26-20-28(34)14-18-31(26)32/h7-18,20-23,33-34H,19H2,1-6H3. The van der Waals surface area contributed by atoms with Crippen molar-refractivity contribution < 1.29 is 14.6 Å². The predicted molar refractivity (Wildman–Crippen MR) is 154 cm³/mol. The minimum Gasteiger partial charge on any atom is -0.543 e. The number of phenolic OH excluding ortho intramolecular Hbond substituents is 2. The summed E-state index contributed by atoms with van der Waals surface area (Å²) in [5, 5.41) is 21.9. The van der Waals surface area contributed by atoms with Crippen LogP contribution in [0.25, 0.3) is 21.9 Å². The van der Waals surface area contributed by atoms with Crippen LogP contribution in [0.3, 0.4) is 0 Å². The summed E-state index contributed by atoms with van der Waals surface area (Å²) in [6, 6.07) is 25.7. The largest absolute Gasteiger partial charge is 0.543 e. The third-order valence-electron chi connectivity index (χ3n) is 7.60. The van der Waals surface area contributed by atoms with Crippen LogP contribution in [-0.4, -0.2) is 18.5 Å². The van der Waals surface area contributed by atoms with E-state index in [-0.39, 0.29) is 11.5 Å². The number of rotatable bonds is 8. The summed E-state index contributed by atoms with van der Waals surface area (Å²) < 4.78 is 6.87. The van der Waals surface area contributed by atoms with Gasteiger partial charge in [-0.15, -0.1) is 0 Å². The van der Waals surface area contributed by atoms with Crippen molar-refractivity contribution in [3.63, 3.8) is 0 Å². The van der Waals surface area contributed by atoms with Gasteiger partial charge < -0.3 is 14.6 Å². The van der Waals surface area contributed by atoms with E-state index in [1.165, 1.54) is 11.1 Å². The first-order chi connectivity index (χ1) is 17.1. The van der Waals surface area contributed by atoms with Crippen LogP contribution in [-0.2, 0) is 6.42 Å². The second kappa shape index (κ2) is 10.4. The first kappa shape index (κ1) is 25.8. The molecule has 0 unspecified atom stereocenters. The number of fused-ring (bicyclic) bond motifs is 1. The van der Waals surface area contributed by atoms with Crippen LogP contribution < -0.4 is 4.43 Å². The first-order valence-corrected chi connectivity index (χ1v) is 15.1. The van der Waals surface area contributed by atoms with Crippen LogP contribution in [0.1, 0.15) is 52.7 Å². The van der Waals surface area contributed by atoms with Crippen molar-refractivity contribution in [1.29, 1.82) is 0 Å². The maximum absolute atomic E-state index is 10.0. The smallest absolute Gasteiger partial charge is 0.258 e. The van der Waals surface area contributed by atoms with Gasteiger partial charge in [-0.05, 0) is 92.5 Å². The molecule has 0 radical (unpaired) electrons. The molecule has 36 heavy (non-hydrogen) atoms. The van der Waals surface area contributed by atoms with Crippen LogP contribution in [0, 0.1) is 0 Å². The van der Waals surface area contributed by atoms with E-state index in [2.05, 4.69) is 71.9 Å². The quantitative estimate of drug-likeness (QED) is 0.238. The molecule has 0 amide bonds. The fourth-order valence-electron chi connectivity index (χ4n) is 5.92. The average molecular weight is 499 g/mol. The molecule has 4 rings (SSSR count). The maximum Gasteiger partial charge on any atom is 0.258 e. The minimum absolute atomic E-state index is 0.255. The fraction of sp³-hybridized carbons (Fsp3) is 0.312. The molecule has 4 aromatic rings. The highest BCUT2D eigenvalue weighted by Crippen LogP contribution is 2.43. The van der Waals surface area contributed by atoms with Gasteiger partial charge in [-0.25, -0.2) is 0 Å². The zero-order chi connectivity index (χ0) is 26.0. The fourth-order valence-corrected chi connectivity index (χ4v) is 11.2. The summed E-state index contributed by atoms with van der Waals surface area (Å²) in [5.41, 5.74) is 6.15. The Morgan fingerprint density at radius 1 is 0.667 bits per heavy atom. The number of aromatic hydroxyl groups is 2. The topological polar surface area (TPSA) is 49.7 Å². The Bertz CT molecular complexity index is 1300. The number of benzene rings is 4. The molecule has 0 saturated carbocycles. The van der Waals surface area contributed by atoms with Gasteiger partial charge in [0.1, 0.15) is 17.2 Å². The van der Waals surface area contributed by atoms with Crippen molar-refractivity contribution in [2.24, 2.45) is 0 Å². The van der Waals surface area contributed by atoms with E-state index in [0.717, 1.165) is 34.1 Å². The molecule has 4 aromatic carbocycles. The van der Waals surface area contributed by atoms with Crippen LogP contribution in [0.4, 0.5) is 0 Å². The Balaban J connectivity index is 1.71. The number of phenols is 2. The van der Waals surface area contributed by atoms with Crippen LogP contribution in [0.15, 0.2) is 78.9 Å². The maximum atomic E-state index is 10.0. The van der Waals surface area contributed by atoms with Gasteiger partial charge in [0.2, 0.25) is 0 Å². The molecule has 0 atom stereocenters. The minimum atomic E-state index is -2.00. The molecule has 3 nitrogen and oxygen atoms in total. The molecule has 0 saturated heterocycles. The van der Waals surface area contributed by atoms with Gasteiger partial charge in [0.05, 0.1) is 0 Å². The van der Waals surface area contributed by atoms with E-state index >= 15 is 0 Å². The average Bonchev–Trinajstić information content (AvgIpc) is 2.83. The van der Waals surface area contributed by atoms with E-state index in [9.17, 15) is 10.2 Å². The van der Waals surface area contributed by atoms with Gasteiger partial charge in [0, 0.05) is 0 Å². The van der Waals surface area contributed by atoms with Crippen molar-refractivity contribution in [1.82, 2.24) is 0 Å². The van der Waals surface area contributed by atoms with Gasteiger partial charge in [-0.3, -0.25) is 0 Å². The van der Waals surface area contributed by atoms with Gasteiger partial charge in [0.15, 0.2) is 0 Å². The number of hydrogen-bond acceptors (Lipinski definition) is 3. The number of hydrogen-bond donors (Lipinski definition) is 2. The molecular weight excluding hydrogens is 460 g/mol. The van der Waals surface area contributed by atoms with Crippen LogP contribution >= 0.6 is 0 Å². The van der Waals surface area contributed by atoms with Gasteiger partial charge >= 0.3 is 0 Å². The monoisotopic (exact) mass is 498 g/mol. The molecule has 188 valence electrons. The van der Waals surface area contributed by atoms with Crippen molar-refractivity contribution in [3.8, 4) is 28.4 Å². The highest BCUT2D eigenvalue weighted by Gasteiger charge is 2.46. The van der Waals surface area contributed by atoms with Crippen LogP contribution in [0.5, 0.6) is 17.2 Å². The summed E-state index contributed by atoms with van der Waals surface area (Å²) >= 11 is 0. The predicted octanol–water partition coefficient (Wildman–Crippen LogP) is 9.06.